The van der Waals surface area contributed by atoms with Gasteiger partial charge in [0.1, 0.15) is 18.4 Å². The third-order valence-electron chi connectivity index (χ3n) is 6.08. The Morgan fingerprint density at radius 3 is 2.05 bits per heavy atom. The molecule has 0 radical (unpaired) electrons. The van der Waals surface area contributed by atoms with Crippen LogP contribution in [0.15, 0.2) is 83.8 Å². The van der Waals surface area contributed by atoms with Gasteiger partial charge in [0.05, 0.1) is 10.6 Å². The van der Waals surface area contributed by atoms with Crippen LogP contribution in [0.5, 0.6) is 0 Å². The molecule has 0 heterocycles. The van der Waals surface area contributed by atoms with Gasteiger partial charge >= 0.3 is 0 Å². The van der Waals surface area contributed by atoms with Crippen LogP contribution in [0.4, 0.5) is 10.1 Å². The monoisotopic (exact) mass is 553 g/mol. The van der Waals surface area contributed by atoms with Gasteiger partial charge in [-0.1, -0.05) is 55.0 Å². The fourth-order valence-corrected chi connectivity index (χ4v) is 5.53. The SMILES string of the molecule is CCC(C(=O)NC(C)(C)C)N(Cc1ccc(F)cc1)C(=O)CN(c1ccccc1)S(=O)(=O)c1ccc(C)cc1. The predicted octanol–water partition coefficient (Wildman–Crippen LogP) is 5.05. The summed E-state index contributed by atoms with van der Waals surface area (Å²) >= 11 is 0. The predicted molar refractivity (Wildman–Crippen MR) is 151 cm³/mol. The Morgan fingerprint density at radius 2 is 1.51 bits per heavy atom. The van der Waals surface area contributed by atoms with E-state index in [1.807, 2.05) is 27.7 Å². The minimum Gasteiger partial charge on any atom is -0.350 e. The van der Waals surface area contributed by atoms with Gasteiger partial charge in [-0.3, -0.25) is 13.9 Å². The van der Waals surface area contributed by atoms with Crippen LogP contribution < -0.4 is 9.62 Å². The molecule has 0 aliphatic carbocycles. The lowest BCUT2D eigenvalue weighted by molar-refractivity contribution is -0.141. The third-order valence-corrected chi connectivity index (χ3v) is 7.87. The zero-order chi connectivity index (χ0) is 28.8. The maximum Gasteiger partial charge on any atom is 0.264 e. The number of benzene rings is 3. The number of aryl methyl sites for hydroxylation is 1. The molecule has 7 nitrogen and oxygen atoms in total. The van der Waals surface area contributed by atoms with Crippen molar-refractivity contribution in [2.45, 2.75) is 64.1 Å². The molecule has 1 atom stereocenters. The summed E-state index contributed by atoms with van der Waals surface area (Å²) in [7, 11) is -4.12. The van der Waals surface area contributed by atoms with Crippen molar-refractivity contribution in [1.29, 1.82) is 0 Å². The number of rotatable bonds is 10. The van der Waals surface area contributed by atoms with E-state index < -0.39 is 39.9 Å². The van der Waals surface area contributed by atoms with E-state index in [9.17, 15) is 22.4 Å². The second kappa shape index (κ2) is 12.4. The van der Waals surface area contributed by atoms with Crippen LogP contribution in [-0.4, -0.2) is 43.3 Å². The maximum atomic E-state index is 14.0. The number of para-hydroxylation sites is 1. The topological polar surface area (TPSA) is 86.8 Å². The molecule has 3 aromatic carbocycles. The Morgan fingerprint density at radius 1 is 0.923 bits per heavy atom. The molecule has 1 N–H and O–H groups in total. The van der Waals surface area contributed by atoms with Gasteiger partial charge in [0.15, 0.2) is 0 Å². The number of amides is 2. The molecule has 3 aromatic rings. The Bertz CT molecular complexity index is 1370. The second-order valence-electron chi connectivity index (χ2n) is 10.5. The van der Waals surface area contributed by atoms with E-state index >= 15 is 0 Å². The van der Waals surface area contributed by atoms with E-state index in [-0.39, 0.29) is 17.3 Å². The van der Waals surface area contributed by atoms with Crippen molar-refractivity contribution in [1.82, 2.24) is 10.2 Å². The van der Waals surface area contributed by atoms with Crippen molar-refractivity contribution in [3.05, 3.63) is 95.8 Å². The Balaban J connectivity index is 2.04. The van der Waals surface area contributed by atoms with E-state index in [2.05, 4.69) is 5.32 Å². The highest BCUT2D eigenvalue weighted by atomic mass is 32.2. The molecule has 0 spiro atoms. The summed E-state index contributed by atoms with van der Waals surface area (Å²) in [5.74, 6) is -1.34. The quantitative estimate of drug-likeness (QED) is 0.381. The van der Waals surface area contributed by atoms with Crippen molar-refractivity contribution in [3.8, 4) is 0 Å². The van der Waals surface area contributed by atoms with Crippen LogP contribution in [-0.2, 0) is 26.2 Å². The van der Waals surface area contributed by atoms with Gasteiger partial charge in [-0.2, -0.15) is 0 Å². The van der Waals surface area contributed by atoms with Gasteiger partial charge in [-0.25, -0.2) is 12.8 Å². The summed E-state index contributed by atoms with van der Waals surface area (Å²) < 4.78 is 42.2. The second-order valence-corrected chi connectivity index (χ2v) is 12.3. The minimum absolute atomic E-state index is 0.00237. The Kier molecular flexibility index (Phi) is 9.50. The molecule has 0 fully saturated rings. The van der Waals surface area contributed by atoms with Crippen LogP contribution in [0.3, 0.4) is 0 Å². The summed E-state index contributed by atoms with van der Waals surface area (Å²) in [6.45, 7) is 8.65. The molecule has 0 bridgehead atoms. The summed E-state index contributed by atoms with van der Waals surface area (Å²) in [6, 6.07) is 19.6. The van der Waals surface area contributed by atoms with Crippen molar-refractivity contribution >= 4 is 27.5 Å². The van der Waals surface area contributed by atoms with Crippen molar-refractivity contribution in [2.75, 3.05) is 10.8 Å². The number of sulfonamides is 1. The zero-order valence-corrected chi connectivity index (χ0v) is 23.8. The van der Waals surface area contributed by atoms with E-state index in [0.29, 0.717) is 17.7 Å². The minimum atomic E-state index is -4.12. The van der Waals surface area contributed by atoms with E-state index in [1.54, 1.807) is 61.5 Å². The van der Waals surface area contributed by atoms with Crippen molar-refractivity contribution < 1.29 is 22.4 Å². The molecule has 0 aliphatic heterocycles. The van der Waals surface area contributed by atoms with E-state index in [4.69, 9.17) is 0 Å². The van der Waals surface area contributed by atoms with E-state index in [1.165, 1.54) is 29.2 Å². The van der Waals surface area contributed by atoms with Crippen LogP contribution in [0.2, 0.25) is 0 Å². The molecule has 1 unspecified atom stereocenters. The lowest BCUT2D eigenvalue weighted by Crippen LogP contribution is -2.55. The summed E-state index contributed by atoms with van der Waals surface area (Å²) in [5, 5.41) is 2.92. The lowest BCUT2D eigenvalue weighted by atomic mass is 10.1. The molecule has 2 amide bonds. The molecular weight excluding hydrogens is 517 g/mol. The number of nitrogens with zero attached hydrogens (tertiary/aromatic N) is 2. The normalized spacial score (nSPS) is 12.5. The number of halogens is 1. The average molecular weight is 554 g/mol. The standard InChI is InChI=1S/C30H36FN3O4S/c1-6-27(29(36)32-30(3,4)5)33(20-23-14-16-24(31)17-15-23)28(35)21-34(25-10-8-7-9-11-25)39(37,38)26-18-12-22(2)13-19-26/h7-19,27H,6,20-21H2,1-5H3,(H,32,36). The highest BCUT2D eigenvalue weighted by Crippen LogP contribution is 2.25. The first-order valence-corrected chi connectivity index (χ1v) is 14.3. The first-order chi connectivity index (χ1) is 18.3. The average Bonchev–Trinajstić information content (AvgIpc) is 2.87. The van der Waals surface area contributed by atoms with Crippen LogP contribution in [0.25, 0.3) is 0 Å². The van der Waals surface area contributed by atoms with Crippen molar-refractivity contribution in [2.24, 2.45) is 0 Å². The molecule has 0 saturated carbocycles. The number of carbonyl (C=O) groups excluding carboxylic acids is 2. The van der Waals surface area contributed by atoms with Crippen LogP contribution in [0, 0.1) is 12.7 Å². The fourth-order valence-electron chi connectivity index (χ4n) is 4.12. The first kappa shape index (κ1) is 29.8. The summed E-state index contributed by atoms with van der Waals surface area (Å²) in [5.41, 5.74) is 1.29. The van der Waals surface area contributed by atoms with Gasteiger partial charge in [-0.05, 0) is 76.1 Å². The molecule has 9 heteroatoms. The molecule has 39 heavy (non-hydrogen) atoms. The molecule has 208 valence electrons. The largest absolute Gasteiger partial charge is 0.350 e. The van der Waals surface area contributed by atoms with Crippen molar-refractivity contribution in [3.63, 3.8) is 0 Å². The number of carbonyl (C=O) groups is 2. The molecule has 0 aliphatic rings. The molecule has 0 aromatic heterocycles. The molecule has 0 saturated heterocycles. The zero-order valence-electron chi connectivity index (χ0n) is 23.0. The number of nitrogens with one attached hydrogen (secondary N) is 1. The number of anilines is 1. The van der Waals surface area contributed by atoms with Crippen LogP contribution >= 0.6 is 0 Å². The van der Waals surface area contributed by atoms with Gasteiger partial charge in [0.2, 0.25) is 11.8 Å². The molecule has 3 rings (SSSR count). The Labute approximate surface area is 230 Å². The summed E-state index contributed by atoms with van der Waals surface area (Å²) in [6.07, 6.45) is 0.297. The number of hydrogen-bond acceptors (Lipinski definition) is 4. The van der Waals surface area contributed by atoms with Gasteiger partial charge in [-0.15, -0.1) is 0 Å². The summed E-state index contributed by atoms with van der Waals surface area (Å²) in [4.78, 5) is 28.7. The fraction of sp³-hybridized carbons (Fsp3) is 0.333. The maximum absolute atomic E-state index is 14.0. The van der Waals surface area contributed by atoms with Gasteiger partial charge in [0, 0.05) is 12.1 Å². The highest BCUT2D eigenvalue weighted by Gasteiger charge is 2.34. The smallest absolute Gasteiger partial charge is 0.264 e. The van der Waals surface area contributed by atoms with Gasteiger partial charge < -0.3 is 10.2 Å². The molecular formula is C30H36FN3O4S. The van der Waals surface area contributed by atoms with E-state index in [0.717, 1.165) is 9.87 Å². The lowest BCUT2D eigenvalue weighted by Gasteiger charge is -2.34. The number of hydrogen-bond donors (Lipinski definition) is 1. The highest BCUT2D eigenvalue weighted by molar-refractivity contribution is 7.92. The Hall–Kier alpha value is -3.72. The van der Waals surface area contributed by atoms with Crippen LogP contribution in [0.1, 0.15) is 45.2 Å². The first-order valence-electron chi connectivity index (χ1n) is 12.8. The third kappa shape index (κ3) is 7.89. The van der Waals surface area contributed by atoms with Gasteiger partial charge in [0.25, 0.3) is 10.0 Å².